The zero-order valence-electron chi connectivity index (χ0n) is 9.63. The third kappa shape index (κ3) is 4.51. The van der Waals surface area contributed by atoms with Crippen LogP contribution in [0.4, 0.5) is 0 Å². The average molecular weight is 232 g/mol. The van der Waals surface area contributed by atoms with E-state index in [2.05, 4.69) is 6.58 Å². The van der Waals surface area contributed by atoms with E-state index in [1.165, 1.54) is 6.08 Å². The molecule has 0 saturated heterocycles. The number of rotatable bonds is 6. The Balaban J connectivity index is 2.67. The van der Waals surface area contributed by atoms with Crippen LogP contribution in [0.15, 0.2) is 43.0 Å². The van der Waals surface area contributed by atoms with Crippen molar-refractivity contribution >= 4 is 11.8 Å². The third-order valence-electron chi connectivity index (χ3n) is 2.33. The first-order valence-corrected chi connectivity index (χ1v) is 5.37. The van der Waals surface area contributed by atoms with Gasteiger partial charge in [0, 0.05) is 19.5 Å². The molecule has 0 unspecified atom stereocenters. The van der Waals surface area contributed by atoms with Gasteiger partial charge in [0.15, 0.2) is 0 Å². The summed E-state index contributed by atoms with van der Waals surface area (Å²) < 4.78 is 0. The minimum absolute atomic E-state index is 0.159. The first-order valence-electron chi connectivity index (χ1n) is 5.37. The number of amides is 2. The molecule has 0 fully saturated rings. The molecule has 4 heteroatoms. The van der Waals surface area contributed by atoms with Crippen LogP contribution in [0.3, 0.4) is 0 Å². The van der Waals surface area contributed by atoms with Gasteiger partial charge in [0.25, 0.3) is 0 Å². The van der Waals surface area contributed by atoms with Gasteiger partial charge in [0.05, 0.1) is 0 Å². The maximum absolute atomic E-state index is 11.6. The Morgan fingerprint density at radius 1 is 1.29 bits per heavy atom. The highest BCUT2D eigenvalue weighted by Crippen LogP contribution is 2.05. The molecule has 90 valence electrons. The first-order chi connectivity index (χ1) is 8.13. The molecule has 0 saturated carbocycles. The molecule has 1 aromatic rings. The van der Waals surface area contributed by atoms with Crippen molar-refractivity contribution < 1.29 is 9.59 Å². The predicted molar refractivity (Wildman–Crippen MR) is 65.9 cm³/mol. The molecule has 0 atom stereocenters. The molecule has 17 heavy (non-hydrogen) atoms. The molecule has 0 heterocycles. The quantitative estimate of drug-likeness (QED) is 0.746. The molecule has 0 radical (unpaired) electrons. The second-order valence-electron chi connectivity index (χ2n) is 3.67. The number of carbonyl (C=O) groups is 2. The molecular weight excluding hydrogens is 216 g/mol. The van der Waals surface area contributed by atoms with Crippen LogP contribution < -0.4 is 5.73 Å². The van der Waals surface area contributed by atoms with E-state index < -0.39 is 5.91 Å². The van der Waals surface area contributed by atoms with Crippen LogP contribution in [-0.4, -0.2) is 23.3 Å². The van der Waals surface area contributed by atoms with Crippen molar-refractivity contribution in [3.8, 4) is 0 Å². The summed E-state index contributed by atoms with van der Waals surface area (Å²) in [6.07, 6.45) is 1.40. The van der Waals surface area contributed by atoms with Crippen molar-refractivity contribution in [3.05, 3.63) is 48.6 Å². The Morgan fingerprint density at radius 3 is 2.47 bits per heavy atom. The minimum Gasteiger partial charge on any atom is -0.370 e. The maximum Gasteiger partial charge on any atom is 0.246 e. The summed E-state index contributed by atoms with van der Waals surface area (Å²) in [6.45, 7) is 4.21. The topological polar surface area (TPSA) is 63.4 Å². The van der Waals surface area contributed by atoms with E-state index in [0.29, 0.717) is 13.1 Å². The van der Waals surface area contributed by atoms with Gasteiger partial charge in [0.1, 0.15) is 0 Å². The van der Waals surface area contributed by atoms with Gasteiger partial charge in [-0.25, -0.2) is 0 Å². The van der Waals surface area contributed by atoms with E-state index >= 15 is 0 Å². The van der Waals surface area contributed by atoms with Gasteiger partial charge in [0.2, 0.25) is 11.8 Å². The normalized spacial score (nSPS) is 9.65. The van der Waals surface area contributed by atoms with Gasteiger partial charge in [-0.2, -0.15) is 0 Å². The van der Waals surface area contributed by atoms with Gasteiger partial charge in [-0.1, -0.05) is 36.9 Å². The molecule has 1 rings (SSSR count). The number of benzene rings is 1. The van der Waals surface area contributed by atoms with Crippen molar-refractivity contribution in [3.63, 3.8) is 0 Å². The van der Waals surface area contributed by atoms with E-state index in [1.54, 1.807) is 4.90 Å². The molecule has 0 aliphatic rings. The second-order valence-corrected chi connectivity index (χ2v) is 3.67. The van der Waals surface area contributed by atoms with Gasteiger partial charge in [-0.05, 0) is 11.6 Å². The number of carbonyl (C=O) groups excluding carboxylic acids is 2. The summed E-state index contributed by atoms with van der Waals surface area (Å²) in [6, 6.07) is 9.56. The molecule has 0 aliphatic carbocycles. The van der Waals surface area contributed by atoms with Crippen LogP contribution >= 0.6 is 0 Å². The van der Waals surface area contributed by atoms with E-state index in [4.69, 9.17) is 5.73 Å². The highest BCUT2D eigenvalue weighted by Gasteiger charge is 2.11. The standard InChI is InChI=1S/C13H16N2O2/c1-2-13(17)15(9-8-12(14)16)10-11-6-4-3-5-7-11/h2-7H,1,8-10H2,(H2,14,16). The second kappa shape index (κ2) is 6.48. The summed E-state index contributed by atoms with van der Waals surface area (Å²) in [4.78, 5) is 23.9. The maximum atomic E-state index is 11.6. The fourth-order valence-electron chi connectivity index (χ4n) is 1.45. The lowest BCUT2D eigenvalue weighted by Gasteiger charge is -2.20. The molecule has 1 aromatic carbocycles. The lowest BCUT2D eigenvalue weighted by atomic mass is 10.2. The summed E-state index contributed by atoms with van der Waals surface area (Å²) in [5.74, 6) is -0.616. The average Bonchev–Trinajstić information content (AvgIpc) is 2.34. The molecule has 2 N–H and O–H groups in total. The van der Waals surface area contributed by atoms with Gasteiger partial charge >= 0.3 is 0 Å². The van der Waals surface area contributed by atoms with Crippen LogP contribution in [0, 0.1) is 0 Å². The fourth-order valence-corrected chi connectivity index (χ4v) is 1.45. The molecule has 0 aromatic heterocycles. The zero-order chi connectivity index (χ0) is 12.7. The monoisotopic (exact) mass is 232 g/mol. The van der Waals surface area contributed by atoms with Gasteiger partial charge in [-0.3, -0.25) is 9.59 Å². The van der Waals surface area contributed by atoms with Crippen LogP contribution in [0.25, 0.3) is 0 Å². The Bertz CT molecular complexity index is 401. The minimum atomic E-state index is -0.417. The van der Waals surface area contributed by atoms with Crippen LogP contribution in [0.5, 0.6) is 0 Å². The Kier molecular flexibility index (Phi) is 4.94. The highest BCUT2D eigenvalue weighted by molar-refractivity contribution is 5.87. The largest absolute Gasteiger partial charge is 0.370 e. The van der Waals surface area contributed by atoms with Crippen LogP contribution in [0.1, 0.15) is 12.0 Å². The lowest BCUT2D eigenvalue weighted by Crippen LogP contribution is -2.32. The molecule has 4 nitrogen and oxygen atoms in total. The Hall–Kier alpha value is -2.10. The molecule has 0 aliphatic heterocycles. The van der Waals surface area contributed by atoms with E-state index in [-0.39, 0.29) is 12.3 Å². The number of nitrogens with zero attached hydrogens (tertiary/aromatic N) is 1. The summed E-state index contributed by atoms with van der Waals surface area (Å²) >= 11 is 0. The summed E-state index contributed by atoms with van der Waals surface area (Å²) in [7, 11) is 0. The smallest absolute Gasteiger partial charge is 0.246 e. The summed E-state index contributed by atoms with van der Waals surface area (Å²) in [5.41, 5.74) is 6.08. The molecule has 0 bridgehead atoms. The fraction of sp³-hybridized carbons (Fsp3) is 0.231. The molecule has 0 spiro atoms. The predicted octanol–water partition coefficient (Wildman–Crippen LogP) is 1.08. The third-order valence-corrected chi connectivity index (χ3v) is 2.33. The van der Waals surface area contributed by atoms with E-state index in [1.807, 2.05) is 30.3 Å². The molecular formula is C13H16N2O2. The van der Waals surface area contributed by atoms with Crippen LogP contribution in [-0.2, 0) is 16.1 Å². The van der Waals surface area contributed by atoms with Gasteiger partial charge in [-0.15, -0.1) is 0 Å². The van der Waals surface area contributed by atoms with Crippen molar-refractivity contribution in [2.45, 2.75) is 13.0 Å². The highest BCUT2D eigenvalue weighted by atomic mass is 16.2. The number of primary amides is 1. The number of hydrogen-bond acceptors (Lipinski definition) is 2. The van der Waals surface area contributed by atoms with Crippen molar-refractivity contribution in [2.24, 2.45) is 5.73 Å². The van der Waals surface area contributed by atoms with Crippen molar-refractivity contribution in [1.82, 2.24) is 4.90 Å². The Labute approximate surface area is 101 Å². The lowest BCUT2D eigenvalue weighted by molar-refractivity contribution is -0.127. The number of nitrogens with two attached hydrogens (primary N) is 1. The Morgan fingerprint density at radius 2 is 1.94 bits per heavy atom. The van der Waals surface area contributed by atoms with Crippen molar-refractivity contribution in [1.29, 1.82) is 0 Å². The van der Waals surface area contributed by atoms with E-state index in [9.17, 15) is 9.59 Å². The van der Waals surface area contributed by atoms with Crippen LogP contribution in [0.2, 0.25) is 0 Å². The van der Waals surface area contributed by atoms with E-state index in [0.717, 1.165) is 5.56 Å². The van der Waals surface area contributed by atoms with Crippen molar-refractivity contribution in [2.75, 3.05) is 6.54 Å². The summed E-state index contributed by atoms with van der Waals surface area (Å²) in [5, 5.41) is 0. The molecule has 2 amide bonds. The SMILES string of the molecule is C=CC(=O)N(CCC(N)=O)Cc1ccccc1. The van der Waals surface area contributed by atoms with Gasteiger partial charge < -0.3 is 10.6 Å². The first kappa shape index (κ1) is 13.0. The number of hydrogen-bond donors (Lipinski definition) is 1. The zero-order valence-corrected chi connectivity index (χ0v) is 9.63.